The third-order valence-electron chi connectivity index (χ3n) is 2.28. The van der Waals surface area contributed by atoms with Gasteiger partial charge in [-0.3, -0.25) is 5.43 Å². The highest BCUT2D eigenvalue weighted by molar-refractivity contribution is 6.42. The molecule has 1 heterocycles. The van der Waals surface area contributed by atoms with Crippen molar-refractivity contribution in [3.8, 4) is 0 Å². The molecule has 0 bridgehead atoms. The molecule has 18 heavy (non-hydrogen) atoms. The maximum atomic E-state index is 6.00. The topological polar surface area (TPSA) is 37.3 Å². The summed E-state index contributed by atoms with van der Waals surface area (Å²) in [5.74, 6) is 0.427. The summed E-state index contributed by atoms with van der Waals surface area (Å²) in [7, 11) is 0. The van der Waals surface area contributed by atoms with Crippen molar-refractivity contribution < 1.29 is 0 Å². The van der Waals surface area contributed by atoms with E-state index in [1.165, 1.54) is 0 Å². The standard InChI is InChI=1S/C12H16Cl3N3/c1-3-5-8(6-4-2)17-18-12-10(14)7-9(13)11(15)16-12/h7H,3-6H2,1-2H3,(H,16,18). The maximum absolute atomic E-state index is 6.00. The van der Waals surface area contributed by atoms with E-state index in [2.05, 4.69) is 29.4 Å². The molecule has 1 N–H and O–H groups in total. The zero-order chi connectivity index (χ0) is 13.5. The van der Waals surface area contributed by atoms with Crippen LogP contribution in [0.2, 0.25) is 15.2 Å². The van der Waals surface area contributed by atoms with E-state index in [1.54, 1.807) is 6.07 Å². The van der Waals surface area contributed by atoms with Crippen molar-refractivity contribution >= 4 is 46.3 Å². The molecular weight excluding hydrogens is 293 g/mol. The molecule has 3 nitrogen and oxygen atoms in total. The van der Waals surface area contributed by atoms with Gasteiger partial charge in [0, 0.05) is 5.71 Å². The first-order chi connectivity index (χ1) is 8.58. The van der Waals surface area contributed by atoms with E-state index in [-0.39, 0.29) is 5.15 Å². The molecule has 0 aliphatic heterocycles. The Hall–Kier alpha value is -0.510. The minimum absolute atomic E-state index is 0.214. The van der Waals surface area contributed by atoms with E-state index in [0.717, 1.165) is 31.4 Å². The molecule has 0 aliphatic rings. The maximum Gasteiger partial charge on any atom is 0.166 e. The van der Waals surface area contributed by atoms with Gasteiger partial charge in [0.05, 0.1) is 10.0 Å². The Morgan fingerprint density at radius 2 is 1.78 bits per heavy atom. The Kier molecular flexibility index (Phi) is 6.76. The first-order valence-electron chi connectivity index (χ1n) is 5.91. The van der Waals surface area contributed by atoms with Crippen molar-refractivity contribution in [3.05, 3.63) is 21.3 Å². The molecule has 0 fully saturated rings. The number of aromatic nitrogens is 1. The molecule has 0 atom stereocenters. The van der Waals surface area contributed by atoms with Gasteiger partial charge >= 0.3 is 0 Å². The molecule has 0 saturated heterocycles. The van der Waals surface area contributed by atoms with E-state index in [1.807, 2.05) is 0 Å². The molecule has 0 amide bonds. The van der Waals surface area contributed by atoms with Crippen molar-refractivity contribution in [2.75, 3.05) is 5.43 Å². The molecule has 0 aliphatic carbocycles. The van der Waals surface area contributed by atoms with Gasteiger partial charge in [0.25, 0.3) is 0 Å². The highest BCUT2D eigenvalue weighted by Crippen LogP contribution is 2.28. The zero-order valence-electron chi connectivity index (χ0n) is 10.4. The molecule has 1 rings (SSSR count). The largest absolute Gasteiger partial charge is 0.260 e. The average molecular weight is 309 g/mol. The van der Waals surface area contributed by atoms with Crippen molar-refractivity contribution in [1.29, 1.82) is 0 Å². The second kappa shape index (κ2) is 7.82. The van der Waals surface area contributed by atoms with E-state index < -0.39 is 0 Å². The average Bonchev–Trinajstić information content (AvgIpc) is 2.32. The van der Waals surface area contributed by atoms with Gasteiger partial charge in [0.2, 0.25) is 0 Å². The zero-order valence-corrected chi connectivity index (χ0v) is 12.7. The number of hydrogen-bond donors (Lipinski definition) is 1. The molecule has 0 unspecified atom stereocenters. The van der Waals surface area contributed by atoms with Crippen LogP contribution >= 0.6 is 34.8 Å². The van der Waals surface area contributed by atoms with Gasteiger partial charge in [0.1, 0.15) is 5.15 Å². The number of halogens is 3. The molecule has 6 heteroatoms. The Balaban J connectivity index is 2.83. The van der Waals surface area contributed by atoms with Crippen LogP contribution in [0.5, 0.6) is 0 Å². The lowest BCUT2D eigenvalue weighted by atomic mass is 10.1. The fraction of sp³-hybridized carbons (Fsp3) is 0.500. The summed E-state index contributed by atoms with van der Waals surface area (Å²) >= 11 is 17.6. The van der Waals surface area contributed by atoms with Crippen LogP contribution in [0.25, 0.3) is 0 Å². The fourth-order valence-electron chi connectivity index (χ4n) is 1.47. The van der Waals surface area contributed by atoms with Gasteiger partial charge in [0.15, 0.2) is 5.82 Å². The van der Waals surface area contributed by atoms with Gasteiger partial charge in [-0.25, -0.2) is 4.98 Å². The monoisotopic (exact) mass is 307 g/mol. The van der Waals surface area contributed by atoms with Crippen LogP contribution in [-0.2, 0) is 0 Å². The molecule has 0 aromatic carbocycles. The lowest BCUT2D eigenvalue weighted by molar-refractivity contribution is 0.908. The summed E-state index contributed by atoms with van der Waals surface area (Å²) in [5, 5.41) is 5.27. The van der Waals surface area contributed by atoms with Crippen molar-refractivity contribution in [1.82, 2.24) is 4.98 Å². The smallest absolute Gasteiger partial charge is 0.166 e. The fourth-order valence-corrected chi connectivity index (χ4v) is 2.01. The number of pyridine rings is 1. The second-order valence-electron chi connectivity index (χ2n) is 3.88. The number of anilines is 1. The number of hydrazone groups is 1. The summed E-state index contributed by atoms with van der Waals surface area (Å²) < 4.78 is 0. The third-order valence-corrected chi connectivity index (χ3v) is 3.24. The van der Waals surface area contributed by atoms with Crippen molar-refractivity contribution in [3.63, 3.8) is 0 Å². The summed E-state index contributed by atoms with van der Waals surface area (Å²) in [6, 6.07) is 1.55. The van der Waals surface area contributed by atoms with E-state index >= 15 is 0 Å². The SMILES string of the molecule is CCCC(CCC)=NNc1nc(Cl)c(Cl)cc1Cl. The van der Waals surface area contributed by atoms with Crippen LogP contribution in [0.15, 0.2) is 11.2 Å². The molecule has 0 spiro atoms. The quantitative estimate of drug-likeness (QED) is 0.433. The number of nitrogens with zero attached hydrogens (tertiary/aromatic N) is 2. The van der Waals surface area contributed by atoms with Crippen LogP contribution in [0.3, 0.4) is 0 Å². The van der Waals surface area contributed by atoms with Gasteiger partial charge < -0.3 is 0 Å². The Bertz CT molecular complexity index is 425. The van der Waals surface area contributed by atoms with E-state index in [0.29, 0.717) is 15.9 Å². The number of nitrogens with one attached hydrogen (secondary N) is 1. The summed E-state index contributed by atoms with van der Waals surface area (Å²) in [6.45, 7) is 4.24. The van der Waals surface area contributed by atoms with Crippen LogP contribution in [0.1, 0.15) is 39.5 Å². The van der Waals surface area contributed by atoms with Gasteiger partial charge in [-0.2, -0.15) is 5.10 Å². The minimum atomic E-state index is 0.214. The molecule has 0 radical (unpaired) electrons. The first kappa shape index (κ1) is 15.5. The second-order valence-corrected chi connectivity index (χ2v) is 5.05. The molecule has 1 aromatic rings. The van der Waals surface area contributed by atoms with Crippen molar-refractivity contribution in [2.24, 2.45) is 5.10 Å². The van der Waals surface area contributed by atoms with E-state index in [9.17, 15) is 0 Å². The van der Waals surface area contributed by atoms with Crippen LogP contribution in [0.4, 0.5) is 5.82 Å². The predicted molar refractivity (Wildman–Crippen MR) is 80.1 cm³/mol. The van der Waals surface area contributed by atoms with Crippen LogP contribution in [-0.4, -0.2) is 10.7 Å². The highest BCUT2D eigenvalue weighted by Gasteiger charge is 2.07. The van der Waals surface area contributed by atoms with Crippen LogP contribution < -0.4 is 5.43 Å². The normalized spacial score (nSPS) is 10.3. The Labute approximate surface area is 123 Å². The van der Waals surface area contributed by atoms with Gasteiger partial charge in [-0.05, 0) is 18.9 Å². The minimum Gasteiger partial charge on any atom is -0.260 e. The van der Waals surface area contributed by atoms with E-state index in [4.69, 9.17) is 34.8 Å². The van der Waals surface area contributed by atoms with Gasteiger partial charge in [-0.1, -0.05) is 61.5 Å². The van der Waals surface area contributed by atoms with Gasteiger partial charge in [-0.15, -0.1) is 0 Å². The van der Waals surface area contributed by atoms with Crippen LogP contribution in [0, 0.1) is 0 Å². The summed E-state index contributed by atoms with van der Waals surface area (Å²) in [5.41, 5.74) is 3.95. The van der Waals surface area contributed by atoms with Crippen molar-refractivity contribution in [2.45, 2.75) is 39.5 Å². The Morgan fingerprint density at radius 3 is 2.33 bits per heavy atom. The predicted octanol–water partition coefficient (Wildman–Crippen LogP) is 5.41. The number of rotatable bonds is 6. The highest BCUT2D eigenvalue weighted by atomic mass is 35.5. The molecule has 100 valence electrons. The molecule has 0 saturated carbocycles. The molecular formula is C12H16Cl3N3. The Morgan fingerprint density at radius 1 is 1.17 bits per heavy atom. The first-order valence-corrected chi connectivity index (χ1v) is 7.04. The molecule has 1 aromatic heterocycles. The lowest BCUT2D eigenvalue weighted by Gasteiger charge is -2.07. The third kappa shape index (κ3) is 4.63. The number of hydrogen-bond acceptors (Lipinski definition) is 3. The summed E-state index contributed by atoms with van der Waals surface area (Å²) in [6.07, 6.45) is 4.03. The lowest BCUT2D eigenvalue weighted by Crippen LogP contribution is -2.03. The summed E-state index contributed by atoms with van der Waals surface area (Å²) in [4.78, 5) is 4.05.